The first kappa shape index (κ1) is 97.1. The molecular formula is C80H156O17P2. The van der Waals surface area contributed by atoms with Gasteiger partial charge in [-0.2, -0.15) is 0 Å². The third-order valence-electron chi connectivity index (χ3n) is 18.6. The van der Waals surface area contributed by atoms with Crippen molar-refractivity contribution in [3.63, 3.8) is 0 Å². The van der Waals surface area contributed by atoms with Crippen LogP contribution < -0.4 is 0 Å². The Kier molecular flexibility index (Phi) is 67.8. The van der Waals surface area contributed by atoms with Gasteiger partial charge in [-0.3, -0.25) is 37.3 Å². The highest BCUT2D eigenvalue weighted by molar-refractivity contribution is 7.47. The van der Waals surface area contributed by atoms with Gasteiger partial charge in [-0.15, -0.1) is 0 Å². The monoisotopic (exact) mass is 1450 g/mol. The molecular weight excluding hydrogens is 1290 g/mol. The summed E-state index contributed by atoms with van der Waals surface area (Å²) < 4.78 is 68.6. The molecule has 5 atom stereocenters. The van der Waals surface area contributed by atoms with E-state index in [1.807, 2.05) is 0 Å². The SMILES string of the molecule is CC(C)CCCCCCCCCCCCCCCCCCCCC(=O)O[C@H](COC(=O)CCCCCCCCCC(C)C)COP(=O)(O)OCC(O)COP(=O)(O)OC[C@@H](COC(=O)CCCCCCCCCCCCCCCC(C)C)OC(=O)CCCCCCCCCCCC(C)C. The Hall–Kier alpha value is -1.94. The number of rotatable bonds is 77. The Morgan fingerprint density at radius 1 is 0.253 bits per heavy atom. The van der Waals surface area contributed by atoms with Crippen molar-refractivity contribution in [1.29, 1.82) is 0 Å². The molecule has 17 nitrogen and oxygen atoms in total. The number of ether oxygens (including phenoxy) is 4. The fraction of sp³-hybridized carbons (Fsp3) is 0.950. The molecule has 0 aliphatic rings. The van der Waals surface area contributed by atoms with Gasteiger partial charge < -0.3 is 33.8 Å². The van der Waals surface area contributed by atoms with Gasteiger partial charge in [0.25, 0.3) is 0 Å². The minimum absolute atomic E-state index is 0.105. The van der Waals surface area contributed by atoms with E-state index in [1.54, 1.807) is 0 Å². The molecule has 0 fully saturated rings. The highest BCUT2D eigenvalue weighted by Gasteiger charge is 2.30. The van der Waals surface area contributed by atoms with E-state index in [0.717, 1.165) is 114 Å². The molecule has 3 unspecified atom stereocenters. The molecule has 0 spiro atoms. The largest absolute Gasteiger partial charge is 0.472 e. The van der Waals surface area contributed by atoms with Crippen LogP contribution in [0.4, 0.5) is 0 Å². The summed E-state index contributed by atoms with van der Waals surface area (Å²) in [5.74, 6) is 0.935. The molecule has 0 aromatic carbocycles. The highest BCUT2D eigenvalue weighted by Crippen LogP contribution is 2.45. The number of carbonyl (C=O) groups is 4. The molecule has 0 heterocycles. The van der Waals surface area contributed by atoms with E-state index in [1.165, 1.54) is 205 Å². The van der Waals surface area contributed by atoms with Gasteiger partial charge in [0.2, 0.25) is 0 Å². The zero-order valence-corrected chi connectivity index (χ0v) is 66.9. The predicted molar refractivity (Wildman–Crippen MR) is 404 cm³/mol. The second-order valence-corrected chi connectivity index (χ2v) is 33.6. The lowest BCUT2D eigenvalue weighted by Gasteiger charge is -2.21. The summed E-state index contributed by atoms with van der Waals surface area (Å²) in [5.41, 5.74) is 0. The summed E-state index contributed by atoms with van der Waals surface area (Å²) in [6, 6.07) is 0. The first-order chi connectivity index (χ1) is 47.6. The number of aliphatic hydroxyl groups is 1. The molecule has 0 saturated carbocycles. The summed E-state index contributed by atoms with van der Waals surface area (Å²) in [4.78, 5) is 72.9. The zero-order chi connectivity index (χ0) is 73.1. The summed E-state index contributed by atoms with van der Waals surface area (Å²) in [6.07, 6.45) is 55.7. The van der Waals surface area contributed by atoms with Gasteiger partial charge in [0.15, 0.2) is 12.2 Å². The quantitative estimate of drug-likeness (QED) is 0.0222. The number of phosphoric acid groups is 2. The van der Waals surface area contributed by atoms with Crippen molar-refractivity contribution in [1.82, 2.24) is 0 Å². The molecule has 0 aliphatic carbocycles. The molecule has 0 radical (unpaired) electrons. The lowest BCUT2D eigenvalue weighted by molar-refractivity contribution is -0.161. The number of esters is 4. The smallest absolute Gasteiger partial charge is 0.462 e. The maximum Gasteiger partial charge on any atom is 0.472 e. The second kappa shape index (κ2) is 69.1. The van der Waals surface area contributed by atoms with Crippen molar-refractivity contribution in [3.8, 4) is 0 Å². The molecule has 0 aliphatic heterocycles. The van der Waals surface area contributed by atoms with Crippen LogP contribution in [0.25, 0.3) is 0 Å². The average Bonchev–Trinajstić information content (AvgIpc) is 1.01. The third-order valence-corrected chi connectivity index (χ3v) is 20.5. The van der Waals surface area contributed by atoms with Crippen molar-refractivity contribution in [3.05, 3.63) is 0 Å². The third kappa shape index (κ3) is 74.1. The topological polar surface area (TPSA) is 237 Å². The molecule has 0 saturated heterocycles. The number of aliphatic hydroxyl groups excluding tert-OH is 1. The van der Waals surface area contributed by atoms with Crippen LogP contribution in [0.3, 0.4) is 0 Å². The van der Waals surface area contributed by atoms with Gasteiger partial charge in [-0.05, 0) is 49.4 Å². The number of carbonyl (C=O) groups excluding carboxylic acids is 4. The van der Waals surface area contributed by atoms with E-state index in [0.29, 0.717) is 31.6 Å². The maximum atomic E-state index is 13.1. The number of phosphoric ester groups is 2. The molecule has 19 heteroatoms. The summed E-state index contributed by atoms with van der Waals surface area (Å²) >= 11 is 0. The molecule has 0 amide bonds. The predicted octanol–water partition coefficient (Wildman–Crippen LogP) is 23.6. The van der Waals surface area contributed by atoms with Crippen LogP contribution >= 0.6 is 15.6 Å². The van der Waals surface area contributed by atoms with Crippen molar-refractivity contribution >= 4 is 39.5 Å². The normalized spacial score (nSPS) is 14.1. The molecule has 588 valence electrons. The van der Waals surface area contributed by atoms with Crippen molar-refractivity contribution < 1.29 is 80.2 Å². The maximum absolute atomic E-state index is 13.1. The van der Waals surface area contributed by atoms with E-state index >= 15 is 0 Å². The lowest BCUT2D eigenvalue weighted by atomic mass is 10.0. The second-order valence-electron chi connectivity index (χ2n) is 30.7. The highest BCUT2D eigenvalue weighted by atomic mass is 31.2. The molecule has 0 rings (SSSR count). The summed E-state index contributed by atoms with van der Waals surface area (Å²) in [6.45, 7) is 14.2. The lowest BCUT2D eigenvalue weighted by Crippen LogP contribution is -2.30. The molecule has 0 aromatic rings. The van der Waals surface area contributed by atoms with Crippen molar-refractivity contribution in [2.24, 2.45) is 23.7 Å². The average molecular weight is 1450 g/mol. The van der Waals surface area contributed by atoms with Crippen LogP contribution in [0.15, 0.2) is 0 Å². The van der Waals surface area contributed by atoms with Crippen molar-refractivity contribution in [2.75, 3.05) is 39.6 Å². The molecule has 99 heavy (non-hydrogen) atoms. The molecule has 0 aromatic heterocycles. The van der Waals surface area contributed by atoms with Crippen LogP contribution in [0.2, 0.25) is 0 Å². The number of hydrogen-bond donors (Lipinski definition) is 3. The zero-order valence-electron chi connectivity index (χ0n) is 65.1. The van der Waals surface area contributed by atoms with Crippen LogP contribution in [0.5, 0.6) is 0 Å². The Balaban J connectivity index is 5.19. The first-order valence-corrected chi connectivity index (χ1v) is 44.2. The minimum atomic E-state index is -4.96. The fourth-order valence-electron chi connectivity index (χ4n) is 12.3. The Labute approximate surface area is 607 Å². The van der Waals surface area contributed by atoms with E-state index in [4.69, 9.17) is 37.0 Å². The van der Waals surface area contributed by atoms with Gasteiger partial charge in [-0.25, -0.2) is 9.13 Å². The fourth-order valence-corrected chi connectivity index (χ4v) is 13.8. The standard InChI is InChI=1S/C80H156O17P2/c1-70(2)56-48-40-32-25-20-16-13-11-9-10-12-14-18-23-29-37-46-54-62-79(84)96-76(67-91-78(83)61-53-45-39-31-35-43-51-59-73(7)8)69-95-99(88,89)93-65-74(81)64-92-98(86,87)94-68-75(97-80(85)63-55-47-38-30-24-27-34-42-50-58-72(5)6)66-90-77(82)60-52-44-36-28-22-19-15-17-21-26-33-41-49-57-71(3)4/h70-76,81H,9-69H2,1-8H3,(H,86,87)(H,88,89)/t74?,75-,76-/m1/s1. The first-order valence-electron chi connectivity index (χ1n) is 41.2. The number of hydrogen-bond acceptors (Lipinski definition) is 15. The Morgan fingerprint density at radius 3 is 0.626 bits per heavy atom. The van der Waals surface area contributed by atoms with Gasteiger partial charge in [-0.1, -0.05) is 357 Å². The Morgan fingerprint density at radius 2 is 0.424 bits per heavy atom. The van der Waals surface area contributed by atoms with Crippen LogP contribution in [0, 0.1) is 23.7 Å². The van der Waals surface area contributed by atoms with Gasteiger partial charge in [0.1, 0.15) is 19.3 Å². The van der Waals surface area contributed by atoms with Gasteiger partial charge >= 0.3 is 39.5 Å². The van der Waals surface area contributed by atoms with E-state index < -0.39 is 97.5 Å². The van der Waals surface area contributed by atoms with Crippen LogP contribution in [-0.2, 0) is 65.4 Å². The van der Waals surface area contributed by atoms with Gasteiger partial charge in [0, 0.05) is 25.7 Å². The molecule has 0 bridgehead atoms. The van der Waals surface area contributed by atoms with Crippen LogP contribution in [-0.4, -0.2) is 96.7 Å². The van der Waals surface area contributed by atoms with E-state index in [-0.39, 0.29) is 25.7 Å². The molecule has 3 N–H and O–H groups in total. The Bertz CT molecular complexity index is 1940. The van der Waals surface area contributed by atoms with Crippen LogP contribution in [0.1, 0.15) is 409 Å². The minimum Gasteiger partial charge on any atom is -0.462 e. The summed E-state index contributed by atoms with van der Waals surface area (Å²) in [5, 5.41) is 10.6. The van der Waals surface area contributed by atoms with Gasteiger partial charge in [0.05, 0.1) is 26.4 Å². The summed E-state index contributed by atoms with van der Waals surface area (Å²) in [7, 11) is -9.92. The van der Waals surface area contributed by atoms with Crippen molar-refractivity contribution in [2.45, 2.75) is 427 Å². The van der Waals surface area contributed by atoms with E-state index in [9.17, 15) is 43.2 Å². The number of unbranched alkanes of at least 4 members (excludes halogenated alkanes) is 43. The van der Waals surface area contributed by atoms with E-state index in [2.05, 4.69) is 55.4 Å².